The van der Waals surface area contributed by atoms with Crippen molar-refractivity contribution in [2.75, 3.05) is 6.61 Å². The molecule has 0 heterocycles. The van der Waals surface area contributed by atoms with Crippen molar-refractivity contribution in [1.29, 1.82) is 0 Å². The molecule has 2 N–H and O–H groups in total. The van der Waals surface area contributed by atoms with Gasteiger partial charge in [0.2, 0.25) is 5.79 Å². The van der Waals surface area contributed by atoms with Gasteiger partial charge < -0.3 is 14.9 Å². The van der Waals surface area contributed by atoms with Crippen LogP contribution >= 0.6 is 11.6 Å². The van der Waals surface area contributed by atoms with Crippen LogP contribution in [0.4, 0.5) is 0 Å². The van der Waals surface area contributed by atoms with Gasteiger partial charge in [-0.05, 0) is 18.1 Å². The Labute approximate surface area is 107 Å². The number of para-hydroxylation sites is 1. The van der Waals surface area contributed by atoms with Gasteiger partial charge in [-0.25, -0.2) is 0 Å². The summed E-state index contributed by atoms with van der Waals surface area (Å²) in [6.07, 6.45) is 1.42. The first-order valence-corrected chi connectivity index (χ1v) is 6.23. The Morgan fingerprint density at radius 3 is 2.47 bits per heavy atom. The van der Waals surface area contributed by atoms with Crippen molar-refractivity contribution in [2.45, 2.75) is 38.9 Å². The first kappa shape index (κ1) is 14.3. The highest BCUT2D eigenvalue weighted by atomic mass is 35.5. The molecule has 0 fully saturated rings. The third kappa shape index (κ3) is 3.60. The Bertz CT molecular complexity index is 362. The van der Waals surface area contributed by atoms with Crippen molar-refractivity contribution in [3.63, 3.8) is 0 Å². The molecule has 1 aromatic rings. The minimum atomic E-state index is -1.20. The lowest BCUT2D eigenvalue weighted by atomic mass is 10.1. The van der Waals surface area contributed by atoms with Crippen LogP contribution in [-0.4, -0.2) is 22.6 Å². The molecule has 0 saturated heterocycles. The van der Waals surface area contributed by atoms with Crippen LogP contribution in [0.15, 0.2) is 18.2 Å². The van der Waals surface area contributed by atoms with Gasteiger partial charge in [0.1, 0.15) is 5.75 Å². The van der Waals surface area contributed by atoms with Crippen LogP contribution in [0, 0.1) is 0 Å². The summed E-state index contributed by atoms with van der Waals surface area (Å²) in [5.74, 6) is -0.732. The van der Waals surface area contributed by atoms with Crippen LogP contribution in [0.25, 0.3) is 0 Å². The molecular weight excluding hydrogens is 240 g/mol. The summed E-state index contributed by atoms with van der Waals surface area (Å²) < 4.78 is 5.63. The van der Waals surface area contributed by atoms with Crippen LogP contribution in [-0.2, 0) is 6.42 Å². The Hall–Kier alpha value is -0.770. The minimum absolute atomic E-state index is 0.0212. The van der Waals surface area contributed by atoms with Crippen molar-refractivity contribution in [3.05, 3.63) is 28.8 Å². The van der Waals surface area contributed by atoms with Gasteiger partial charge in [0.25, 0.3) is 0 Å². The molecule has 96 valence electrons. The van der Waals surface area contributed by atoms with Crippen LogP contribution < -0.4 is 4.74 Å². The third-order valence-corrected chi connectivity index (χ3v) is 3.12. The van der Waals surface area contributed by atoms with Gasteiger partial charge >= 0.3 is 0 Å². The number of hydrogen-bond acceptors (Lipinski definition) is 3. The molecule has 0 unspecified atom stereocenters. The molecule has 1 rings (SSSR count). The SMILES string of the molecule is CCC(O)(CC)Oc1c(Cl)cccc1CCO. The Morgan fingerprint density at radius 1 is 1.29 bits per heavy atom. The summed E-state index contributed by atoms with van der Waals surface area (Å²) >= 11 is 6.07. The molecule has 0 saturated carbocycles. The van der Waals surface area contributed by atoms with Gasteiger partial charge in [-0.2, -0.15) is 0 Å². The molecule has 0 aromatic heterocycles. The molecule has 17 heavy (non-hydrogen) atoms. The van der Waals surface area contributed by atoms with Gasteiger partial charge in [-0.1, -0.05) is 37.6 Å². The number of aliphatic hydroxyl groups excluding tert-OH is 1. The Balaban J connectivity index is 3.03. The maximum Gasteiger partial charge on any atom is 0.207 e. The number of aliphatic hydroxyl groups is 2. The first-order chi connectivity index (χ1) is 8.06. The fourth-order valence-electron chi connectivity index (χ4n) is 1.57. The summed E-state index contributed by atoms with van der Waals surface area (Å²) in [5.41, 5.74) is 0.806. The number of ether oxygens (including phenoxy) is 1. The highest BCUT2D eigenvalue weighted by molar-refractivity contribution is 6.32. The molecule has 0 bridgehead atoms. The lowest BCUT2D eigenvalue weighted by Crippen LogP contribution is -2.34. The zero-order valence-corrected chi connectivity index (χ0v) is 11.0. The summed E-state index contributed by atoms with van der Waals surface area (Å²) in [7, 11) is 0. The largest absolute Gasteiger partial charge is 0.461 e. The topological polar surface area (TPSA) is 49.7 Å². The molecule has 0 atom stereocenters. The predicted octanol–water partition coefficient (Wildman–Crippen LogP) is 2.76. The van der Waals surface area contributed by atoms with Gasteiger partial charge in [0.05, 0.1) is 5.02 Å². The van der Waals surface area contributed by atoms with Crippen molar-refractivity contribution < 1.29 is 14.9 Å². The molecule has 1 aromatic carbocycles. The molecule has 0 aliphatic heterocycles. The fraction of sp³-hybridized carbons (Fsp3) is 0.538. The second kappa shape index (κ2) is 6.24. The highest BCUT2D eigenvalue weighted by Gasteiger charge is 2.26. The van der Waals surface area contributed by atoms with Gasteiger partial charge in [-0.3, -0.25) is 0 Å². The van der Waals surface area contributed by atoms with E-state index < -0.39 is 5.79 Å². The second-order valence-corrected chi connectivity index (χ2v) is 4.36. The molecule has 4 heteroatoms. The van der Waals surface area contributed by atoms with E-state index in [1.165, 1.54) is 0 Å². The maximum absolute atomic E-state index is 10.2. The van der Waals surface area contributed by atoms with E-state index >= 15 is 0 Å². The maximum atomic E-state index is 10.2. The molecule has 0 aliphatic rings. The van der Waals surface area contributed by atoms with Crippen molar-refractivity contribution in [1.82, 2.24) is 0 Å². The van der Waals surface area contributed by atoms with E-state index in [2.05, 4.69) is 0 Å². The number of hydrogen-bond donors (Lipinski definition) is 2. The average molecular weight is 259 g/mol. The Kier molecular flexibility index (Phi) is 5.25. The van der Waals surface area contributed by atoms with E-state index in [0.717, 1.165) is 5.56 Å². The molecule has 3 nitrogen and oxygen atoms in total. The fourth-order valence-corrected chi connectivity index (χ4v) is 1.80. The van der Waals surface area contributed by atoms with E-state index in [4.69, 9.17) is 21.4 Å². The lowest BCUT2D eigenvalue weighted by molar-refractivity contribution is -0.141. The van der Waals surface area contributed by atoms with Crippen LogP contribution in [0.2, 0.25) is 5.02 Å². The van der Waals surface area contributed by atoms with E-state index in [0.29, 0.717) is 30.0 Å². The normalized spacial score (nSPS) is 11.6. The summed E-state index contributed by atoms with van der Waals surface area (Å²) in [4.78, 5) is 0. The van der Waals surface area contributed by atoms with Gasteiger partial charge in [-0.15, -0.1) is 0 Å². The van der Waals surface area contributed by atoms with Crippen LogP contribution in [0.3, 0.4) is 0 Å². The lowest BCUT2D eigenvalue weighted by Gasteiger charge is -2.28. The van der Waals surface area contributed by atoms with Crippen LogP contribution in [0.1, 0.15) is 32.3 Å². The molecule has 0 radical (unpaired) electrons. The number of benzene rings is 1. The van der Waals surface area contributed by atoms with Gasteiger partial charge in [0, 0.05) is 19.4 Å². The monoisotopic (exact) mass is 258 g/mol. The highest BCUT2D eigenvalue weighted by Crippen LogP contribution is 2.33. The standard InChI is InChI=1S/C13H19ClO3/c1-3-13(16,4-2)17-12-10(8-9-15)6-5-7-11(12)14/h5-7,15-16H,3-4,8-9H2,1-2H3. The molecular formula is C13H19ClO3. The van der Waals surface area contributed by atoms with E-state index in [1.807, 2.05) is 19.9 Å². The zero-order valence-electron chi connectivity index (χ0n) is 10.2. The third-order valence-electron chi connectivity index (χ3n) is 2.83. The van der Waals surface area contributed by atoms with Gasteiger partial charge in [0.15, 0.2) is 0 Å². The van der Waals surface area contributed by atoms with E-state index in [1.54, 1.807) is 12.1 Å². The number of rotatable bonds is 6. The average Bonchev–Trinajstić information content (AvgIpc) is 2.34. The first-order valence-electron chi connectivity index (χ1n) is 5.86. The van der Waals surface area contributed by atoms with E-state index in [-0.39, 0.29) is 6.61 Å². The molecule has 0 aliphatic carbocycles. The molecule has 0 spiro atoms. The van der Waals surface area contributed by atoms with E-state index in [9.17, 15) is 5.11 Å². The summed E-state index contributed by atoms with van der Waals surface area (Å²) in [5, 5.41) is 19.6. The van der Waals surface area contributed by atoms with Crippen molar-refractivity contribution in [2.24, 2.45) is 0 Å². The predicted molar refractivity (Wildman–Crippen MR) is 68.4 cm³/mol. The summed E-state index contributed by atoms with van der Waals surface area (Å²) in [6, 6.07) is 5.35. The Morgan fingerprint density at radius 2 is 1.94 bits per heavy atom. The number of halogens is 1. The zero-order chi connectivity index (χ0) is 12.9. The quantitative estimate of drug-likeness (QED) is 0.772. The van der Waals surface area contributed by atoms with Crippen molar-refractivity contribution in [3.8, 4) is 5.75 Å². The smallest absolute Gasteiger partial charge is 0.207 e. The van der Waals surface area contributed by atoms with Crippen LogP contribution in [0.5, 0.6) is 5.75 Å². The minimum Gasteiger partial charge on any atom is -0.461 e. The summed E-state index contributed by atoms with van der Waals surface area (Å²) in [6.45, 7) is 3.73. The second-order valence-electron chi connectivity index (χ2n) is 3.96. The molecule has 0 amide bonds. The van der Waals surface area contributed by atoms with Crippen molar-refractivity contribution >= 4 is 11.6 Å².